The lowest BCUT2D eigenvalue weighted by molar-refractivity contribution is 0.00569. The average molecular weight is 678 g/mol. The summed E-state index contributed by atoms with van der Waals surface area (Å²) in [5.41, 5.74) is 3.97. The molecule has 0 spiro atoms. The monoisotopic (exact) mass is 677 g/mol. The molecule has 1 N–H and O–H groups in total. The summed E-state index contributed by atoms with van der Waals surface area (Å²) in [5, 5.41) is 8.47. The molecule has 0 aliphatic carbocycles. The third-order valence-electron chi connectivity index (χ3n) is 5.38. The highest BCUT2D eigenvalue weighted by molar-refractivity contribution is 9.10. The zero-order valence-corrected chi connectivity index (χ0v) is 28.0. The standard InChI is InChI=1S/C17H19NO2.C11H14BO4.C6H6BrN.CH4/c1-12-7-6-10-18-15(12)13-8-5-9-14(11-13)16(19)20-17(2,3)4;1-11(2,3)15-10(13)8-5-4-6-9(7-8)16-12-14;1-5-3-2-4-8-6(5)7;/h5-11H,1-4H3;4-7,14H,1-3H3;2-4H,1H3;1H4. The molecular formula is C35H43BBrN2O6. The Morgan fingerprint density at radius 2 is 1.24 bits per heavy atom. The largest absolute Gasteiger partial charge is 0.569 e. The van der Waals surface area contributed by atoms with Gasteiger partial charge in [-0.05, 0) is 125 Å². The van der Waals surface area contributed by atoms with Gasteiger partial charge in [0.15, 0.2) is 0 Å². The number of carbonyl (C=O) groups excluding carboxylic acids is 2. The molecule has 0 aliphatic rings. The fourth-order valence-corrected chi connectivity index (χ4v) is 3.73. The van der Waals surface area contributed by atoms with Gasteiger partial charge in [-0.1, -0.05) is 37.8 Å². The van der Waals surface area contributed by atoms with Gasteiger partial charge in [-0.25, -0.2) is 14.6 Å². The van der Waals surface area contributed by atoms with Gasteiger partial charge in [0.25, 0.3) is 0 Å². The number of hydrogen-bond acceptors (Lipinski definition) is 8. The first-order valence-electron chi connectivity index (χ1n) is 13.9. The van der Waals surface area contributed by atoms with Crippen molar-refractivity contribution in [1.82, 2.24) is 9.97 Å². The quantitative estimate of drug-likeness (QED) is 0.128. The van der Waals surface area contributed by atoms with Crippen LogP contribution in [0.1, 0.15) is 80.8 Å². The summed E-state index contributed by atoms with van der Waals surface area (Å²) >= 11 is 3.28. The second kappa shape index (κ2) is 18.1. The van der Waals surface area contributed by atoms with Gasteiger partial charge in [0.1, 0.15) is 21.6 Å². The van der Waals surface area contributed by atoms with Crippen LogP contribution in [-0.4, -0.2) is 45.8 Å². The van der Waals surface area contributed by atoms with Crippen molar-refractivity contribution in [3.8, 4) is 17.0 Å². The molecular weight excluding hydrogens is 635 g/mol. The Balaban J connectivity index is 0.000000362. The van der Waals surface area contributed by atoms with Crippen molar-refractivity contribution in [2.45, 2.75) is 74.0 Å². The lowest BCUT2D eigenvalue weighted by atomic mass is 10.0. The predicted molar refractivity (Wildman–Crippen MR) is 183 cm³/mol. The van der Waals surface area contributed by atoms with E-state index in [4.69, 9.17) is 19.2 Å². The minimum atomic E-state index is -0.531. The number of nitrogens with zero attached hydrogens (tertiary/aromatic N) is 2. The molecule has 239 valence electrons. The Bertz CT molecular complexity index is 1510. The highest BCUT2D eigenvalue weighted by Crippen LogP contribution is 2.23. The van der Waals surface area contributed by atoms with E-state index in [0.29, 0.717) is 24.6 Å². The van der Waals surface area contributed by atoms with Crippen molar-refractivity contribution in [2.75, 3.05) is 0 Å². The summed E-state index contributed by atoms with van der Waals surface area (Å²) in [5.74, 6) is -0.352. The zero-order valence-electron chi connectivity index (χ0n) is 26.4. The summed E-state index contributed by atoms with van der Waals surface area (Å²) in [7, 11) is 0.564. The Hall–Kier alpha value is -4.02. The molecule has 8 nitrogen and oxygen atoms in total. The van der Waals surface area contributed by atoms with E-state index in [1.807, 2.05) is 77.1 Å². The highest BCUT2D eigenvalue weighted by Gasteiger charge is 2.19. The Kier molecular flexibility index (Phi) is 15.7. The lowest BCUT2D eigenvalue weighted by Crippen LogP contribution is -2.23. The van der Waals surface area contributed by atoms with E-state index in [1.54, 1.807) is 57.4 Å². The van der Waals surface area contributed by atoms with Crippen LogP contribution in [0, 0.1) is 13.8 Å². The van der Waals surface area contributed by atoms with Crippen molar-refractivity contribution >= 4 is 35.6 Å². The van der Waals surface area contributed by atoms with Gasteiger partial charge < -0.3 is 19.2 Å². The van der Waals surface area contributed by atoms with Gasteiger partial charge in [-0.2, -0.15) is 0 Å². The third kappa shape index (κ3) is 14.5. The van der Waals surface area contributed by atoms with Gasteiger partial charge in [0.05, 0.1) is 16.8 Å². The Labute approximate surface area is 276 Å². The molecule has 0 bridgehead atoms. The van der Waals surface area contributed by atoms with E-state index in [0.717, 1.165) is 21.4 Å². The molecule has 1 radical (unpaired) electrons. The van der Waals surface area contributed by atoms with Crippen LogP contribution in [0.4, 0.5) is 0 Å². The maximum absolute atomic E-state index is 12.1. The molecule has 0 amide bonds. The normalized spacial score (nSPS) is 10.4. The first kappa shape index (κ1) is 39.0. The molecule has 0 atom stereocenters. The molecule has 4 rings (SSSR count). The number of halogens is 1. The van der Waals surface area contributed by atoms with Crippen LogP contribution in [0.15, 0.2) is 89.8 Å². The van der Waals surface area contributed by atoms with Gasteiger partial charge >= 0.3 is 19.6 Å². The van der Waals surface area contributed by atoms with Crippen molar-refractivity contribution < 1.29 is 28.7 Å². The number of ether oxygens (including phenoxy) is 2. The summed E-state index contributed by atoms with van der Waals surface area (Å²) in [6.07, 6.45) is 3.51. The average Bonchev–Trinajstić information content (AvgIpc) is 2.94. The first-order valence-corrected chi connectivity index (χ1v) is 14.7. The molecule has 4 aromatic rings. The second-order valence-corrected chi connectivity index (χ2v) is 12.4. The van der Waals surface area contributed by atoms with Crippen molar-refractivity contribution in [3.05, 3.63) is 112 Å². The number of esters is 2. The van der Waals surface area contributed by atoms with Crippen LogP contribution in [0.3, 0.4) is 0 Å². The van der Waals surface area contributed by atoms with E-state index >= 15 is 0 Å². The smallest absolute Gasteiger partial charge is 0.537 e. The Morgan fingerprint density at radius 3 is 1.71 bits per heavy atom. The van der Waals surface area contributed by atoms with Crippen LogP contribution in [0.25, 0.3) is 11.3 Å². The fraction of sp³-hybridized carbons (Fsp3) is 0.314. The van der Waals surface area contributed by atoms with E-state index in [9.17, 15) is 9.59 Å². The van der Waals surface area contributed by atoms with E-state index in [-0.39, 0.29) is 13.4 Å². The number of pyridine rings is 2. The van der Waals surface area contributed by atoms with Crippen molar-refractivity contribution in [3.63, 3.8) is 0 Å². The molecule has 0 saturated heterocycles. The maximum atomic E-state index is 12.1. The molecule has 0 unspecified atom stereocenters. The minimum Gasteiger partial charge on any atom is -0.537 e. The number of hydrogen-bond donors (Lipinski definition) is 1. The minimum absolute atomic E-state index is 0. The fourth-order valence-electron chi connectivity index (χ4n) is 3.48. The number of aryl methyl sites for hydroxylation is 2. The summed E-state index contributed by atoms with van der Waals surface area (Å²) < 4.78 is 16.3. The zero-order chi connectivity index (χ0) is 32.9. The number of carbonyl (C=O) groups is 2. The Morgan fingerprint density at radius 1 is 0.733 bits per heavy atom. The SMILES string of the molecule is C.CC(C)(C)OC(=O)c1cccc(O[B]O)c1.Cc1cccnc1-c1cccc(C(=O)OC(C)(C)C)c1.Cc1cccnc1Br. The summed E-state index contributed by atoms with van der Waals surface area (Å²) in [6, 6.07) is 21.6. The van der Waals surface area contributed by atoms with E-state index in [1.165, 1.54) is 11.6 Å². The van der Waals surface area contributed by atoms with Gasteiger partial charge in [0.2, 0.25) is 0 Å². The number of aromatic nitrogens is 2. The third-order valence-corrected chi connectivity index (χ3v) is 6.21. The molecule has 10 heteroatoms. The van der Waals surface area contributed by atoms with Crippen molar-refractivity contribution in [2.24, 2.45) is 0 Å². The second-order valence-electron chi connectivity index (χ2n) is 11.6. The molecule has 2 aromatic carbocycles. The maximum Gasteiger partial charge on any atom is 0.569 e. The van der Waals surface area contributed by atoms with Crippen LogP contribution in [-0.2, 0) is 9.47 Å². The van der Waals surface area contributed by atoms with Gasteiger partial charge in [-0.15, -0.1) is 0 Å². The molecule has 0 aliphatic heterocycles. The molecule has 0 fully saturated rings. The van der Waals surface area contributed by atoms with E-state index < -0.39 is 17.2 Å². The molecule has 2 aromatic heterocycles. The van der Waals surface area contributed by atoms with Gasteiger partial charge in [0, 0.05) is 18.0 Å². The van der Waals surface area contributed by atoms with Gasteiger partial charge in [-0.3, -0.25) is 4.98 Å². The molecule has 0 saturated carbocycles. The van der Waals surface area contributed by atoms with Crippen LogP contribution >= 0.6 is 15.9 Å². The predicted octanol–water partition coefficient (Wildman–Crippen LogP) is 8.35. The van der Waals surface area contributed by atoms with Crippen LogP contribution < -0.4 is 4.65 Å². The summed E-state index contributed by atoms with van der Waals surface area (Å²) in [6.45, 7) is 15.0. The molecule has 45 heavy (non-hydrogen) atoms. The molecule has 2 heterocycles. The van der Waals surface area contributed by atoms with Crippen LogP contribution in [0.5, 0.6) is 5.75 Å². The lowest BCUT2D eigenvalue weighted by Gasteiger charge is -2.19. The summed E-state index contributed by atoms with van der Waals surface area (Å²) in [4.78, 5) is 32.1. The topological polar surface area (TPSA) is 108 Å². The number of benzene rings is 2. The number of rotatable bonds is 5. The van der Waals surface area contributed by atoms with Crippen molar-refractivity contribution in [1.29, 1.82) is 0 Å². The first-order chi connectivity index (χ1) is 20.6. The highest BCUT2D eigenvalue weighted by atomic mass is 79.9. The van der Waals surface area contributed by atoms with E-state index in [2.05, 4.69) is 25.9 Å². The van der Waals surface area contributed by atoms with Crippen LogP contribution in [0.2, 0.25) is 0 Å².